The molecule has 160 valence electrons. The normalized spacial score (nSPS) is 15.2. The van der Waals surface area contributed by atoms with Gasteiger partial charge < -0.3 is 15.4 Å². The fourth-order valence-electron chi connectivity index (χ4n) is 4.04. The van der Waals surface area contributed by atoms with E-state index >= 15 is 0 Å². The van der Waals surface area contributed by atoms with E-state index in [-0.39, 0.29) is 11.9 Å². The number of carbonyl (C=O) groups is 2. The van der Waals surface area contributed by atoms with Gasteiger partial charge in [-0.2, -0.15) is 0 Å². The molecule has 0 bridgehead atoms. The molecule has 1 aliphatic carbocycles. The maximum atomic E-state index is 13.0. The lowest BCUT2D eigenvalue weighted by atomic mass is 9.95. The van der Waals surface area contributed by atoms with E-state index < -0.39 is 12.1 Å². The molecule has 1 unspecified atom stereocenters. The third-order valence-corrected chi connectivity index (χ3v) is 5.64. The number of aromatic nitrogens is 1. The van der Waals surface area contributed by atoms with Gasteiger partial charge in [-0.25, -0.2) is 4.79 Å². The van der Waals surface area contributed by atoms with Crippen molar-refractivity contribution in [3.8, 4) is 5.75 Å². The highest BCUT2D eigenvalue weighted by Crippen LogP contribution is 2.23. The Labute approximate surface area is 182 Å². The quantitative estimate of drug-likeness (QED) is 0.624. The highest BCUT2D eigenvalue weighted by Gasteiger charge is 2.25. The summed E-state index contributed by atoms with van der Waals surface area (Å²) in [6.45, 7) is 0. The van der Waals surface area contributed by atoms with Crippen molar-refractivity contribution < 1.29 is 14.3 Å². The summed E-state index contributed by atoms with van der Waals surface area (Å²) in [6, 6.07) is 18.3. The van der Waals surface area contributed by atoms with E-state index in [1.54, 1.807) is 12.3 Å². The highest BCUT2D eigenvalue weighted by atomic mass is 16.6. The van der Waals surface area contributed by atoms with E-state index in [0.717, 1.165) is 36.6 Å². The molecule has 0 saturated heterocycles. The summed E-state index contributed by atoms with van der Waals surface area (Å²) in [5.74, 6) is 0.186. The van der Waals surface area contributed by atoms with Crippen molar-refractivity contribution in [2.24, 2.45) is 0 Å². The Balaban J connectivity index is 1.47. The summed E-state index contributed by atoms with van der Waals surface area (Å²) in [5.41, 5.74) is 1.57. The topological polar surface area (TPSA) is 80.3 Å². The number of benzene rings is 2. The van der Waals surface area contributed by atoms with E-state index in [2.05, 4.69) is 15.6 Å². The smallest absolute Gasteiger partial charge is 0.408 e. The molecule has 1 aliphatic rings. The average molecular weight is 418 g/mol. The number of ether oxygens (including phenoxy) is 1. The summed E-state index contributed by atoms with van der Waals surface area (Å²) in [6.07, 6.45) is 6.80. The lowest BCUT2D eigenvalue weighted by Gasteiger charge is -2.26. The third kappa shape index (κ3) is 5.60. The number of fused-ring (bicyclic) bond motifs is 1. The summed E-state index contributed by atoms with van der Waals surface area (Å²) >= 11 is 0. The Morgan fingerprint density at radius 1 is 0.968 bits per heavy atom. The molecule has 3 aromatic rings. The zero-order valence-electron chi connectivity index (χ0n) is 17.4. The lowest BCUT2D eigenvalue weighted by molar-refractivity contribution is -0.123. The molecule has 31 heavy (non-hydrogen) atoms. The van der Waals surface area contributed by atoms with Crippen LogP contribution in [-0.2, 0) is 11.2 Å². The largest absolute Gasteiger partial charge is 0.413 e. The van der Waals surface area contributed by atoms with Gasteiger partial charge in [0.15, 0.2) is 5.75 Å². The van der Waals surface area contributed by atoms with Crippen molar-refractivity contribution in [3.05, 3.63) is 72.4 Å². The van der Waals surface area contributed by atoms with Crippen LogP contribution in [0.4, 0.5) is 4.79 Å². The van der Waals surface area contributed by atoms with Crippen LogP contribution < -0.4 is 15.4 Å². The number of amides is 2. The molecule has 0 aliphatic heterocycles. The first kappa shape index (κ1) is 20.8. The summed E-state index contributed by atoms with van der Waals surface area (Å²) in [7, 11) is 0. The van der Waals surface area contributed by atoms with Crippen LogP contribution in [0.15, 0.2) is 66.9 Å². The van der Waals surface area contributed by atoms with Crippen LogP contribution in [0.5, 0.6) is 5.75 Å². The molecular weight excluding hydrogens is 390 g/mol. The molecule has 1 heterocycles. The van der Waals surface area contributed by atoms with Gasteiger partial charge in [0, 0.05) is 24.0 Å². The molecule has 4 rings (SSSR count). The van der Waals surface area contributed by atoms with Crippen molar-refractivity contribution in [2.45, 2.75) is 50.6 Å². The molecule has 1 atom stereocenters. The Bertz CT molecular complexity index is 1030. The molecule has 6 nitrogen and oxygen atoms in total. The van der Waals surface area contributed by atoms with Crippen LogP contribution >= 0.6 is 0 Å². The zero-order valence-corrected chi connectivity index (χ0v) is 17.4. The van der Waals surface area contributed by atoms with E-state index in [0.29, 0.717) is 17.7 Å². The first-order valence-corrected chi connectivity index (χ1v) is 10.9. The van der Waals surface area contributed by atoms with Crippen LogP contribution in [0.3, 0.4) is 0 Å². The maximum absolute atomic E-state index is 13.0. The van der Waals surface area contributed by atoms with Crippen molar-refractivity contribution in [2.75, 3.05) is 0 Å². The standard InChI is InChI=1S/C25H27N3O3/c29-24(27-20-13-5-2-6-14-20)21(17-18-9-3-1-4-10-18)28-25(30)31-22-15-7-11-19-12-8-16-26-23(19)22/h1,3-4,7-12,15-16,20-21H,2,5-6,13-14,17H2,(H,27,29)(H,28,30). The predicted molar refractivity (Wildman–Crippen MR) is 120 cm³/mol. The van der Waals surface area contributed by atoms with Gasteiger partial charge in [0.2, 0.25) is 5.91 Å². The number of nitrogens with one attached hydrogen (secondary N) is 2. The third-order valence-electron chi connectivity index (χ3n) is 5.64. The fourth-order valence-corrected chi connectivity index (χ4v) is 4.04. The van der Waals surface area contributed by atoms with E-state index in [4.69, 9.17) is 4.74 Å². The number of carbonyl (C=O) groups excluding carboxylic acids is 2. The first-order valence-electron chi connectivity index (χ1n) is 10.9. The van der Waals surface area contributed by atoms with Crippen molar-refractivity contribution >= 4 is 22.9 Å². The van der Waals surface area contributed by atoms with Gasteiger partial charge in [-0.1, -0.05) is 67.8 Å². The van der Waals surface area contributed by atoms with Gasteiger partial charge in [0.1, 0.15) is 11.6 Å². The molecule has 0 radical (unpaired) electrons. The summed E-state index contributed by atoms with van der Waals surface area (Å²) < 4.78 is 5.54. The van der Waals surface area contributed by atoms with E-state index in [1.165, 1.54) is 6.42 Å². The Hall–Kier alpha value is -3.41. The molecule has 6 heteroatoms. The van der Waals surface area contributed by atoms with Crippen molar-refractivity contribution in [1.82, 2.24) is 15.6 Å². The van der Waals surface area contributed by atoms with Crippen LogP contribution in [0.25, 0.3) is 10.9 Å². The lowest BCUT2D eigenvalue weighted by Crippen LogP contribution is -2.51. The summed E-state index contributed by atoms with van der Waals surface area (Å²) in [5, 5.41) is 6.76. The SMILES string of the molecule is O=C(NC(Cc1ccccc1)C(=O)NC1CCCCC1)Oc1cccc2cccnc12. The second-order valence-electron chi connectivity index (χ2n) is 7.95. The second kappa shape index (κ2) is 10.1. The second-order valence-corrected chi connectivity index (χ2v) is 7.95. The number of hydrogen-bond acceptors (Lipinski definition) is 4. The monoisotopic (exact) mass is 417 g/mol. The number of para-hydroxylation sites is 1. The van der Waals surface area contributed by atoms with Crippen LogP contribution in [0.2, 0.25) is 0 Å². The van der Waals surface area contributed by atoms with Gasteiger partial charge in [-0.15, -0.1) is 0 Å². The van der Waals surface area contributed by atoms with E-state index in [1.807, 2.05) is 54.6 Å². The van der Waals surface area contributed by atoms with E-state index in [9.17, 15) is 9.59 Å². The van der Waals surface area contributed by atoms with Gasteiger partial charge in [0.05, 0.1) is 0 Å². The minimum absolute atomic E-state index is 0.166. The minimum Gasteiger partial charge on any atom is -0.408 e. The van der Waals surface area contributed by atoms with Gasteiger partial charge >= 0.3 is 6.09 Å². The van der Waals surface area contributed by atoms with Crippen LogP contribution in [0, 0.1) is 0 Å². The molecule has 1 fully saturated rings. The average Bonchev–Trinajstić information content (AvgIpc) is 2.80. The number of rotatable bonds is 6. The van der Waals surface area contributed by atoms with Gasteiger partial charge in [-0.3, -0.25) is 9.78 Å². The predicted octanol–water partition coefficient (Wildman–Crippen LogP) is 4.38. The summed E-state index contributed by atoms with van der Waals surface area (Å²) in [4.78, 5) is 30.0. The molecule has 2 amide bonds. The van der Waals surface area contributed by atoms with Crippen molar-refractivity contribution in [3.63, 3.8) is 0 Å². The Kier molecular flexibility index (Phi) is 6.77. The maximum Gasteiger partial charge on any atom is 0.413 e. The first-order chi connectivity index (χ1) is 15.2. The number of pyridine rings is 1. The molecule has 1 saturated carbocycles. The number of hydrogen-bond donors (Lipinski definition) is 2. The zero-order chi connectivity index (χ0) is 21.5. The van der Waals surface area contributed by atoms with Crippen molar-refractivity contribution in [1.29, 1.82) is 0 Å². The van der Waals surface area contributed by atoms with Gasteiger partial charge in [-0.05, 0) is 30.5 Å². The fraction of sp³-hybridized carbons (Fsp3) is 0.320. The van der Waals surface area contributed by atoms with Crippen LogP contribution in [0.1, 0.15) is 37.7 Å². The molecule has 1 aromatic heterocycles. The minimum atomic E-state index is -0.722. The Morgan fingerprint density at radius 3 is 2.55 bits per heavy atom. The molecule has 2 N–H and O–H groups in total. The van der Waals surface area contributed by atoms with Crippen LogP contribution in [-0.4, -0.2) is 29.1 Å². The Morgan fingerprint density at radius 2 is 1.74 bits per heavy atom. The van der Waals surface area contributed by atoms with Gasteiger partial charge in [0.25, 0.3) is 0 Å². The highest BCUT2D eigenvalue weighted by molar-refractivity contribution is 5.89. The molecule has 0 spiro atoms. The molecular formula is C25H27N3O3. The number of nitrogens with zero attached hydrogens (tertiary/aromatic N) is 1. The molecule has 2 aromatic carbocycles.